The number of aryl methyl sites for hydroxylation is 1. The summed E-state index contributed by atoms with van der Waals surface area (Å²) in [5, 5.41) is -0.0953. The standard InChI is InChI=1S/C10H8ClF3N2/c1-16-6-4-2-3-5(15)7(6)8(11)9(16)10(12,13)14/h2-4H,15H2,1H3. The lowest BCUT2D eigenvalue weighted by Crippen LogP contribution is -2.11. The minimum absolute atomic E-state index is 0.244. The van der Waals surface area contributed by atoms with Crippen LogP contribution in [0.5, 0.6) is 0 Å². The van der Waals surface area contributed by atoms with Crippen LogP contribution in [-0.4, -0.2) is 4.57 Å². The van der Waals surface area contributed by atoms with Crippen molar-refractivity contribution in [3.8, 4) is 0 Å². The number of hydrogen-bond donors (Lipinski definition) is 1. The van der Waals surface area contributed by atoms with Crippen LogP contribution >= 0.6 is 11.6 Å². The van der Waals surface area contributed by atoms with E-state index >= 15 is 0 Å². The number of halogens is 4. The molecule has 0 amide bonds. The van der Waals surface area contributed by atoms with Gasteiger partial charge in [0.25, 0.3) is 0 Å². The highest BCUT2D eigenvalue weighted by Gasteiger charge is 2.38. The third-order valence-corrected chi connectivity index (χ3v) is 2.84. The first kappa shape index (κ1) is 11.1. The Labute approximate surface area is 94.4 Å². The second-order valence-electron chi connectivity index (χ2n) is 3.46. The molecule has 0 radical (unpaired) electrons. The Balaban J connectivity index is 2.94. The number of fused-ring (bicyclic) bond motifs is 1. The summed E-state index contributed by atoms with van der Waals surface area (Å²) in [6, 6.07) is 4.66. The lowest BCUT2D eigenvalue weighted by Gasteiger charge is -2.08. The van der Waals surface area contributed by atoms with E-state index < -0.39 is 11.9 Å². The number of nitrogens with zero attached hydrogens (tertiary/aromatic N) is 1. The minimum atomic E-state index is -4.49. The molecule has 1 heterocycles. The van der Waals surface area contributed by atoms with Gasteiger partial charge in [-0.05, 0) is 12.1 Å². The molecule has 6 heteroatoms. The Kier molecular flexibility index (Phi) is 2.31. The molecule has 0 aliphatic rings. The van der Waals surface area contributed by atoms with Gasteiger partial charge >= 0.3 is 6.18 Å². The number of anilines is 1. The Bertz CT molecular complexity index is 557. The van der Waals surface area contributed by atoms with E-state index in [-0.39, 0.29) is 16.1 Å². The summed E-state index contributed by atoms with van der Waals surface area (Å²) < 4.78 is 39.2. The van der Waals surface area contributed by atoms with Crippen LogP contribution in [0.2, 0.25) is 5.02 Å². The molecule has 0 saturated heterocycles. The molecule has 0 aliphatic carbocycles. The van der Waals surface area contributed by atoms with Crippen LogP contribution in [0.3, 0.4) is 0 Å². The van der Waals surface area contributed by atoms with E-state index in [4.69, 9.17) is 17.3 Å². The minimum Gasteiger partial charge on any atom is -0.398 e. The lowest BCUT2D eigenvalue weighted by molar-refractivity contribution is -0.142. The number of hydrogen-bond acceptors (Lipinski definition) is 1. The molecule has 2 nitrogen and oxygen atoms in total. The molecule has 1 aromatic carbocycles. The van der Waals surface area contributed by atoms with E-state index in [0.29, 0.717) is 5.52 Å². The van der Waals surface area contributed by atoms with E-state index in [1.807, 2.05) is 0 Å². The van der Waals surface area contributed by atoms with Gasteiger partial charge in [-0.15, -0.1) is 0 Å². The van der Waals surface area contributed by atoms with Gasteiger partial charge in [-0.2, -0.15) is 13.2 Å². The summed E-state index contributed by atoms with van der Waals surface area (Å²) in [6.45, 7) is 0. The van der Waals surface area contributed by atoms with Gasteiger partial charge in [0.05, 0.1) is 10.5 Å². The van der Waals surface area contributed by atoms with Crippen LogP contribution in [-0.2, 0) is 13.2 Å². The van der Waals surface area contributed by atoms with Gasteiger partial charge in [-0.25, -0.2) is 0 Å². The van der Waals surface area contributed by atoms with Gasteiger partial charge in [0.2, 0.25) is 0 Å². The molecule has 0 aliphatic heterocycles. The molecule has 0 fully saturated rings. The van der Waals surface area contributed by atoms with Crippen LogP contribution in [0.4, 0.5) is 18.9 Å². The molecule has 2 rings (SSSR count). The second-order valence-corrected chi connectivity index (χ2v) is 3.84. The molecule has 0 bridgehead atoms. The number of aromatic nitrogens is 1. The first-order valence-corrected chi connectivity index (χ1v) is 4.81. The highest BCUT2D eigenvalue weighted by molar-refractivity contribution is 6.37. The normalized spacial score (nSPS) is 12.3. The van der Waals surface area contributed by atoms with Crippen molar-refractivity contribution in [3.05, 3.63) is 28.9 Å². The van der Waals surface area contributed by atoms with Crippen molar-refractivity contribution >= 4 is 28.2 Å². The topological polar surface area (TPSA) is 30.9 Å². The fourth-order valence-electron chi connectivity index (χ4n) is 1.78. The van der Waals surface area contributed by atoms with Gasteiger partial charge in [-0.3, -0.25) is 0 Å². The van der Waals surface area contributed by atoms with Gasteiger partial charge in [-0.1, -0.05) is 17.7 Å². The highest BCUT2D eigenvalue weighted by atomic mass is 35.5. The van der Waals surface area contributed by atoms with Crippen LogP contribution in [0.15, 0.2) is 18.2 Å². The lowest BCUT2D eigenvalue weighted by atomic mass is 10.2. The molecule has 1 aromatic heterocycles. The fraction of sp³-hybridized carbons (Fsp3) is 0.200. The summed E-state index contributed by atoms with van der Waals surface area (Å²) in [5.74, 6) is 0. The van der Waals surface area contributed by atoms with E-state index in [0.717, 1.165) is 4.57 Å². The fourth-order valence-corrected chi connectivity index (χ4v) is 2.22. The van der Waals surface area contributed by atoms with E-state index in [1.165, 1.54) is 13.1 Å². The van der Waals surface area contributed by atoms with Crippen molar-refractivity contribution in [2.45, 2.75) is 6.18 Å². The molecular formula is C10H8ClF3N2. The maximum Gasteiger partial charge on any atom is 0.432 e. The molecule has 0 spiro atoms. The first-order valence-electron chi connectivity index (χ1n) is 4.43. The Morgan fingerprint density at radius 2 is 1.94 bits per heavy atom. The summed E-state index contributed by atoms with van der Waals surface area (Å²) in [4.78, 5) is 0. The summed E-state index contributed by atoms with van der Waals surface area (Å²) in [7, 11) is 1.32. The van der Waals surface area contributed by atoms with Crippen molar-refractivity contribution in [1.29, 1.82) is 0 Å². The zero-order valence-corrected chi connectivity index (χ0v) is 9.02. The molecule has 2 aromatic rings. The smallest absolute Gasteiger partial charge is 0.398 e. The van der Waals surface area contributed by atoms with Crippen molar-refractivity contribution in [2.24, 2.45) is 7.05 Å². The number of benzene rings is 1. The van der Waals surface area contributed by atoms with Gasteiger partial charge in [0.15, 0.2) is 0 Å². The second kappa shape index (κ2) is 3.31. The molecule has 0 atom stereocenters. The summed E-state index contributed by atoms with van der Waals surface area (Å²) in [5.41, 5.74) is 5.36. The molecule has 86 valence electrons. The number of rotatable bonds is 0. The van der Waals surface area contributed by atoms with Crippen molar-refractivity contribution < 1.29 is 13.2 Å². The third kappa shape index (κ3) is 1.43. The Morgan fingerprint density at radius 3 is 2.44 bits per heavy atom. The maximum atomic E-state index is 12.7. The number of nitrogens with two attached hydrogens (primary N) is 1. The predicted molar refractivity (Wildman–Crippen MR) is 57.3 cm³/mol. The highest BCUT2D eigenvalue weighted by Crippen LogP contribution is 2.42. The van der Waals surface area contributed by atoms with Crippen molar-refractivity contribution in [3.63, 3.8) is 0 Å². The monoisotopic (exact) mass is 248 g/mol. The molecule has 0 saturated carbocycles. The summed E-state index contributed by atoms with van der Waals surface area (Å²) >= 11 is 5.73. The van der Waals surface area contributed by atoms with Gasteiger partial charge < -0.3 is 10.3 Å². The van der Waals surface area contributed by atoms with E-state index in [9.17, 15) is 13.2 Å². The van der Waals surface area contributed by atoms with Crippen LogP contribution in [0.1, 0.15) is 5.69 Å². The van der Waals surface area contributed by atoms with Crippen LogP contribution in [0, 0.1) is 0 Å². The average Bonchev–Trinajstić information content (AvgIpc) is 2.39. The molecular weight excluding hydrogens is 241 g/mol. The van der Waals surface area contributed by atoms with Crippen LogP contribution < -0.4 is 5.73 Å². The number of nitrogen functional groups attached to an aromatic ring is 1. The zero-order valence-electron chi connectivity index (χ0n) is 8.27. The van der Waals surface area contributed by atoms with Gasteiger partial charge in [0, 0.05) is 18.1 Å². The van der Waals surface area contributed by atoms with Crippen molar-refractivity contribution in [1.82, 2.24) is 4.57 Å². The predicted octanol–water partition coefficient (Wildman–Crippen LogP) is 3.43. The number of alkyl halides is 3. The Hall–Kier alpha value is -1.36. The largest absolute Gasteiger partial charge is 0.432 e. The van der Waals surface area contributed by atoms with E-state index in [2.05, 4.69) is 0 Å². The first-order chi connectivity index (χ1) is 7.34. The third-order valence-electron chi connectivity index (χ3n) is 2.47. The van der Waals surface area contributed by atoms with Crippen molar-refractivity contribution in [2.75, 3.05) is 5.73 Å². The van der Waals surface area contributed by atoms with E-state index in [1.54, 1.807) is 12.1 Å². The van der Waals surface area contributed by atoms with Crippen LogP contribution in [0.25, 0.3) is 10.9 Å². The SMILES string of the molecule is Cn1c(C(F)(F)F)c(Cl)c2c(N)cccc21. The molecule has 2 N–H and O–H groups in total. The quantitative estimate of drug-likeness (QED) is 0.712. The molecule has 16 heavy (non-hydrogen) atoms. The summed E-state index contributed by atoms with van der Waals surface area (Å²) in [6.07, 6.45) is -4.49. The van der Waals surface area contributed by atoms with Gasteiger partial charge in [0.1, 0.15) is 5.69 Å². The maximum absolute atomic E-state index is 12.7. The Morgan fingerprint density at radius 1 is 1.31 bits per heavy atom. The molecule has 0 unspecified atom stereocenters. The average molecular weight is 249 g/mol. The zero-order chi connectivity index (χ0) is 12.1.